The fourth-order valence-electron chi connectivity index (χ4n) is 1.53. The van der Waals surface area contributed by atoms with Crippen LogP contribution in [0.25, 0.3) is 5.65 Å². The summed E-state index contributed by atoms with van der Waals surface area (Å²) in [5.41, 5.74) is 6.31. The molecule has 0 fully saturated rings. The summed E-state index contributed by atoms with van der Waals surface area (Å²) in [5.74, 6) is 2.71. The van der Waals surface area contributed by atoms with E-state index in [1.165, 1.54) is 0 Å². The lowest BCUT2D eigenvalue weighted by Gasteiger charge is -2.08. The highest BCUT2D eigenvalue weighted by atomic mass is 16.2. The predicted molar refractivity (Wildman–Crippen MR) is 66.3 cm³/mol. The first-order valence-corrected chi connectivity index (χ1v) is 5.48. The van der Waals surface area contributed by atoms with Crippen molar-refractivity contribution in [1.29, 1.82) is 0 Å². The van der Waals surface area contributed by atoms with E-state index in [1.54, 1.807) is 4.40 Å². The quantitative estimate of drug-likeness (QED) is 0.722. The third-order valence-corrected chi connectivity index (χ3v) is 2.48. The molecule has 3 N–H and O–H groups in total. The van der Waals surface area contributed by atoms with Crippen LogP contribution in [0, 0.1) is 12.3 Å². The minimum Gasteiger partial charge on any atom is -0.347 e. The molecule has 2 rings (SSSR count). The number of carbonyl (C=O) groups excluding carboxylic acids is 1. The Hall–Kier alpha value is -2.39. The molecule has 0 aromatic carbocycles. The first-order chi connectivity index (χ1) is 8.72. The SMILES string of the molecule is C#CCC(N)C(=O)NCc1nnc2ccccn12. The molecule has 0 aliphatic heterocycles. The van der Waals surface area contributed by atoms with Gasteiger partial charge in [0.1, 0.15) is 0 Å². The van der Waals surface area contributed by atoms with Gasteiger partial charge in [-0.25, -0.2) is 0 Å². The molecule has 18 heavy (non-hydrogen) atoms. The van der Waals surface area contributed by atoms with Crippen molar-refractivity contribution in [1.82, 2.24) is 19.9 Å². The van der Waals surface area contributed by atoms with Crippen LogP contribution in [0.15, 0.2) is 24.4 Å². The Labute approximate surface area is 104 Å². The number of hydrogen-bond acceptors (Lipinski definition) is 4. The van der Waals surface area contributed by atoms with Gasteiger partial charge in [-0.1, -0.05) is 6.07 Å². The number of fused-ring (bicyclic) bond motifs is 1. The van der Waals surface area contributed by atoms with E-state index in [-0.39, 0.29) is 18.9 Å². The molecular formula is C12H13N5O. The fraction of sp³-hybridized carbons (Fsp3) is 0.250. The fourth-order valence-corrected chi connectivity index (χ4v) is 1.53. The second-order valence-corrected chi connectivity index (χ2v) is 3.78. The number of hydrogen-bond donors (Lipinski definition) is 2. The number of nitrogens with zero attached hydrogens (tertiary/aromatic N) is 3. The van der Waals surface area contributed by atoms with E-state index in [2.05, 4.69) is 21.4 Å². The molecule has 6 heteroatoms. The number of terminal acetylenes is 1. The van der Waals surface area contributed by atoms with Gasteiger partial charge in [0, 0.05) is 12.6 Å². The summed E-state index contributed by atoms with van der Waals surface area (Å²) >= 11 is 0. The van der Waals surface area contributed by atoms with Crippen molar-refractivity contribution in [2.75, 3.05) is 0 Å². The van der Waals surface area contributed by atoms with Crippen LogP contribution in [0.5, 0.6) is 0 Å². The Morgan fingerprint density at radius 3 is 3.17 bits per heavy atom. The summed E-state index contributed by atoms with van der Waals surface area (Å²) < 4.78 is 1.80. The molecule has 0 bridgehead atoms. The molecule has 2 heterocycles. The van der Waals surface area contributed by atoms with E-state index < -0.39 is 6.04 Å². The molecule has 6 nitrogen and oxygen atoms in total. The molecule has 2 aromatic heterocycles. The summed E-state index contributed by atoms with van der Waals surface area (Å²) in [4.78, 5) is 11.6. The van der Waals surface area contributed by atoms with Crippen molar-refractivity contribution < 1.29 is 4.79 Å². The Kier molecular flexibility index (Phi) is 3.55. The van der Waals surface area contributed by atoms with Crippen LogP contribution in [-0.2, 0) is 11.3 Å². The van der Waals surface area contributed by atoms with Gasteiger partial charge in [0.05, 0.1) is 12.6 Å². The normalized spacial score (nSPS) is 12.0. The summed E-state index contributed by atoms with van der Waals surface area (Å²) in [6.45, 7) is 0.266. The highest BCUT2D eigenvalue weighted by Crippen LogP contribution is 2.02. The lowest BCUT2D eigenvalue weighted by atomic mass is 10.2. The van der Waals surface area contributed by atoms with Gasteiger partial charge >= 0.3 is 0 Å². The van der Waals surface area contributed by atoms with Gasteiger partial charge in [-0.05, 0) is 12.1 Å². The number of aromatic nitrogens is 3. The zero-order valence-electron chi connectivity index (χ0n) is 9.71. The van der Waals surface area contributed by atoms with Crippen molar-refractivity contribution in [3.8, 4) is 12.3 Å². The van der Waals surface area contributed by atoms with Crippen LogP contribution in [0.2, 0.25) is 0 Å². The highest BCUT2D eigenvalue weighted by molar-refractivity contribution is 5.81. The molecule has 0 saturated carbocycles. The van der Waals surface area contributed by atoms with Gasteiger partial charge in [-0.2, -0.15) is 0 Å². The standard InChI is InChI=1S/C12H13N5O/c1-2-5-9(13)12(18)14-8-11-16-15-10-6-3-4-7-17(10)11/h1,3-4,6-7,9H,5,8,13H2,(H,14,18). The second-order valence-electron chi connectivity index (χ2n) is 3.78. The molecule has 0 spiro atoms. The van der Waals surface area contributed by atoms with Gasteiger partial charge in [-0.15, -0.1) is 22.5 Å². The molecule has 0 saturated heterocycles. The molecular weight excluding hydrogens is 230 g/mol. The molecule has 1 amide bonds. The molecule has 0 radical (unpaired) electrons. The van der Waals surface area contributed by atoms with Crippen LogP contribution in [0.1, 0.15) is 12.2 Å². The van der Waals surface area contributed by atoms with Crippen molar-refractivity contribution in [2.45, 2.75) is 19.0 Å². The van der Waals surface area contributed by atoms with E-state index in [9.17, 15) is 4.79 Å². The Morgan fingerprint density at radius 1 is 1.56 bits per heavy atom. The van der Waals surface area contributed by atoms with Gasteiger partial charge in [0.2, 0.25) is 5.91 Å². The highest BCUT2D eigenvalue weighted by Gasteiger charge is 2.12. The number of nitrogens with two attached hydrogens (primary N) is 1. The van der Waals surface area contributed by atoms with Crippen LogP contribution in [-0.4, -0.2) is 26.5 Å². The van der Waals surface area contributed by atoms with E-state index >= 15 is 0 Å². The minimum absolute atomic E-state index is 0.215. The van der Waals surface area contributed by atoms with Crippen LogP contribution >= 0.6 is 0 Å². The van der Waals surface area contributed by atoms with Crippen LogP contribution in [0.4, 0.5) is 0 Å². The molecule has 0 aliphatic carbocycles. The van der Waals surface area contributed by atoms with Gasteiger partial charge in [0.15, 0.2) is 11.5 Å². The summed E-state index contributed by atoms with van der Waals surface area (Å²) in [6.07, 6.45) is 7.14. The Balaban J connectivity index is 2.03. The maximum Gasteiger partial charge on any atom is 0.238 e. The topological polar surface area (TPSA) is 85.3 Å². The summed E-state index contributed by atoms with van der Waals surface area (Å²) in [6, 6.07) is 4.89. The molecule has 1 unspecified atom stereocenters. The van der Waals surface area contributed by atoms with Crippen LogP contribution in [0.3, 0.4) is 0 Å². The van der Waals surface area contributed by atoms with E-state index in [1.807, 2.05) is 24.4 Å². The zero-order chi connectivity index (χ0) is 13.0. The van der Waals surface area contributed by atoms with E-state index in [0.717, 1.165) is 5.65 Å². The van der Waals surface area contributed by atoms with Gasteiger partial charge in [0.25, 0.3) is 0 Å². The maximum absolute atomic E-state index is 11.6. The average molecular weight is 243 g/mol. The smallest absolute Gasteiger partial charge is 0.238 e. The molecule has 0 aliphatic rings. The lowest BCUT2D eigenvalue weighted by molar-refractivity contribution is -0.122. The minimum atomic E-state index is -0.686. The first kappa shape index (κ1) is 12.1. The Morgan fingerprint density at radius 2 is 2.39 bits per heavy atom. The first-order valence-electron chi connectivity index (χ1n) is 5.48. The van der Waals surface area contributed by atoms with Crippen molar-refractivity contribution in [3.63, 3.8) is 0 Å². The average Bonchev–Trinajstić information content (AvgIpc) is 2.79. The largest absolute Gasteiger partial charge is 0.347 e. The molecule has 2 aromatic rings. The number of amides is 1. The second kappa shape index (κ2) is 5.29. The third-order valence-electron chi connectivity index (χ3n) is 2.48. The monoisotopic (exact) mass is 243 g/mol. The zero-order valence-corrected chi connectivity index (χ0v) is 9.71. The van der Waals surface area contributed by atoms with Crippen molar-refractivity contribution >= 4 is 11.6 Å². The number of rotatable bonds is 4. The van der Waals surface area contributed by atoms with Crippen molar-refractivity contribution in [3.05, 3.63) is 30.2 Å². The third kappa shape index (κ3) is 2.47. The predicted octanol–water partition coefficient (Wildman–Crippen LogP) is -0.304. The van der Waals surface area contributed by atoms with E-state index in [4.69, 9.17) is 12.2 Å². The summed E-state index contributed by atoms with van der Waals surface area (Å²) in [5, 5.41) is 10.6. The number of pyridine rings is 1. The van der Waals surface area contributed by atoms with Gasteiger partial charge < -0.3 is 11.1 Å². The number of carbonyl (C=O) groups is 1. The summed E-state index contributed by atoms with van der Waals surface area (Å²) in [7, 11) is 0. The van der Waals surface area contributed by atoms with Crippen molar-refractivity contribution in [2.24, 2.45) is 5.73 Å². The van der Waals surface area contributed by atoms with Crippen LogP contribution < -0.4 is 11.1 Å². The molecule has 1 atom stereocenters. The lowest BCUT2D eigenvalue weighted by Crippen LogP contribution is -2.40. The van der Waals surface area contributed by atoms with E-state index in [0.29, 0.717) is 5.82 Å². The molecule has 92 valence electrons. The van der Waals surface area contributed by atoms with Gasteiger partial charge in [-0.3, -0.25) is 9.20 Å². The Bertz CT molecular complexity index is 598. The maximum atomic E-state index is 11.6. The number of nitrogens with one attached hydrogen (secondary N) is 1.